The van der Waals surface area contributed by atoms with Gasteiger partial charge in [0.2, 0.25) is 21.7 Å². The van der Waals surface area contributed by atoms with Crippen LogP contribution in [0.2, 0.25) is 0 Å². The number of aromatic nitrogens is 2. The van der Waals surface area contributed by atoms with Gasteiger partial charge in [-0.15, -0.1) is 0 Å². The number of sulfonamides is 1. The van der Waals surface area contributed by atoms with Gasteiger partial charge in [-0.3, -0.25) is 9.10 Å². The first-order valence-corrected chi connectivity index (χ1v) is 11.0. The highest BCUT2D eigenvalue weighted by Gasteiger charge is 2.35. The minimum Gasteiger partial charge on any atom is -0.476 e. The third kappa shape index (κ3) is 3.99. The van der Waals surface area contributed by atoms with Gasteiger partial charge >= 0.3 is 0 Å². The van der Waals surface area contributed by atoms with Crippen LogP contribution in [0, 0.1) is 0 Å². The number of ether oxygens (including phenoxy) is 1. The van der Waals surface area contributed by atoms with Gasteiger partial charge in [0.1, 0.15) is 5.75 Å². The van der Waals surface area contributed by atoms with Crippen molar-refractivity contribution in [1.82, 2.24) is 15.5 Å². The van der Waals surface area contributed by atoms with E-state index >= 15 is 0 Å². The normalized spacial score (nSPS) is 15.9. The molecule has 1 amide bonds. The molecule has 2 heterocycles. The van der Waals surface area contributed by atoms with Crippen molar-refractivity contribution < 1.29 is 22.5 Å². The Morgan fingerprint density at radius 3 is 2.67 bits per heavy atom. The summed E-state index contributed by atoms with van der Waals surface area (Å²) in [6.45, 7) is 1.45. The van der Waals surface area contributed by atoms with Gasteiger partial charge < -0.3 is 14.6 Å². The molecule has 1 aliphatic rings. The first-order chi connectivity index (χ1) is 14.5. The summed E-state index contributed by atoms with van der Waals surface area (Å²) >= 11 is 0. The lowest BCUT2D eigenvalue weighted by molar-refractivity contribution is -0.128. The molecule has 0 radical (unpaired) electrons. The molecular formula is C20H20N4O5S. The van der Waals surface area contributed by atoms with E-state index in [1.54, 1.807) is 31.2 Å². The highest BCUT2D eigenvalue weighted by Crippen LogP contribution is 2.35. The molecule has 0 aliphatic carbocycles. The molecule has 1 aromatic heterocycles. The van der Waals surface area contributed by atoms with Gasteiger partial charge in [-0.05, 0) is 19.1 Å². The fourth-order valence-corrected chi connectivity index (χ4v) is 4.19. The topological polar surface area (TPSA) is 115 Å². The maximum Gasteiger partial charge on any atom is 0.263 e. The maximum absolute atomic E-state index is 12.7. The van der Waals surface area contributed by atoms with Crippen LogP contribution in [0.15, 0.2) is 59.1 Å². The zero-order valence-corrected chi connectivity index (χ0v) is 17.0. The van der Waals surface area contributed by atoms with Crippen molar-refractivity contribution in [3.8, 4) is 17.1 Å². The van der Waals surface area contributed by atoms with Crippen molar-refractivity contribution in [2.45, 2.75) is 19.6 Å². The molecule has 1 atom stereocenters. The van der Waals surface area contributed by atoms with E-state index in [1.807, 2.05) is 30.3 Å². The number of rotatable bonds is 6. The van der Waals surface area contributed by atoms with Crippen LogP contribution in [0.1, 0.15) is 12.8 Å². The van der Waals surface area contributed by atoms with Crippen molar-refractivity contribution in [2.24, 2.45) is 0 Å². The summed E-state index contributed by atoms with van der Waals surface area (Å²) in [7, 11) is -3.56. The van der Waals surface area contributed by atoms with Gasteiger partial charge in [0.25, 0.3) is 5.91 Å². The zero-order valence-electron chi connectivity index (χ0n) is 16.2. The molecule has 10 heteroatoms. The Kier molecular flexibility index (Phi) is 5.40. The number of hydrogen-bond donors (Lipinski definition) is 1. The van der Waals surface area contributed by atoms with Gasteiger partial charge in [-0.1, -0.05) is 47.6 Å². The minimum atomic E-state index is -3.56. The summed E-state index contributed by atoms with van der Waals surface area (Å²) in [5, 5.41) is 6.58. The van der Waals surface area contributed by atoms with Crippen LogP contribution < -0.4 is 14.4 Å². The molecule has 156 valence electrons. The van der Waals surface area contributed by atoms with Crippen LogP contribution in [0.3, 0.4) is 0 Å². The molecule has 1 aliphatic heterocycles. The second-order valence-corrected chi connectivity index (χ2v) is 8.78. The highest BCUT2D eigenvalue weighted by atomic mass is 32.2. The molecule has 0 saturated heterocycles. The van der Waals surface area contributed by atoms with E-state index in [4.69, 9.17) is 9.26 Å². The Balaban J connectivity index is 1.46. The Morgan fingerprint density at radius 1 is 1.17 bits per heavy atom. The summed E-state index contributed by atoms with van der Waals surface area (Å²) in [5.41, 5.74) is 1.22. The predicted molar refractivity (Wildman–Crippen MR) is 109 cm³/mol. The maximum atomic E-state index is 12.7. The summed E-state index contributed by atoms with van der Waals surface area (Å²) in [5.74, 6) is 0.435. The van der Waals surface area contributed by atoms with Crippen molar-refractivity contribution in [2.75, 3.05) is 16.6 Å². The number of nitrogens with one attached hydrogen (secondary N) is 1. The predicted octanol–water partition coefficient (Wildman–Crippen LogP) is 1.97. The third-order valence-corrected chi connectivity index (χ3v) is 6.39. The molecule has 4 rings (SSSR count). The van der Waals surface area contributed by atoms with Gasteiger partial charge in [-0.25, -0.2) is 8.42 Å². The van der Waals surface area contributed by atoms with E-state index in [0.717, 1.165) is 5.56 Å². The van der Waals surface area contributed by atoms with E-state index in [2.05, 4.69) is 15.5 Å². The van der Waals surface area contributed by atoms with Crippen LogP contribution in [-0.2, 0) is 21.4 Å². The van der Waals surface area contributed by atoms with E-state index < -0.39 is 22.0 Å². The molecule has 9 nitrogen and oxygen atoms in total. The molecular weight excluding hydrogens is 408 g/mol. The largest absolute Gasteiger partial charge is 0.476 e. The number of carbonyl (C=O) groups is 1. The molecule has 0 fully saturated rings. The molecule has 2 aromatic carbocycles. The Morgan fingerprint density at radius 2 is 1.90 bits per heavy atom. The summed E-state index contributed by atoms with van der Waals surface area (Å²) in [4.78, 5) is 16.9. The van der Waals surface area contributed by atoms with Crippen molar-refractivity contribution >= 4 is 21.6 Å². The first-order valence-electron chi connectivity index (χ1n) is 9.40. The Bertz CT molecular complexity index is 1150. The average Bonchev–Trinajstić information content (AvgIpc) is 3.26. The second kappa shape index (κ2) is 8.15. The molecule has 1 unspecified atom stereocenters. The Hall–Kier alpha value is -3.40. The highest BCUT2D eigenvalue weighted by molar-refractivity contribution is 7.92. The SMILES string of the molecule is CCS(=O)(=O)N1CC(C(=O)NCc2nc(-c3ccccc3)no2)Oc2ccccc21. The standard InChI is InChI=1S/C20H20N4O5S/c1-2-30(26,27)24-13-17(28-16-11-7-6-10-15(16)24)20(25)21-12-18-22-19(23-29-18)14-8-4-3-5-9-14/h3-11,17H,2,12-13H2,1H3,(H,21,25). The molecule has 30 heavy (non-hydrogen) atoms. The number of benzene rings is 2. The first kappa shape index (κ1) is 19.9. The molecule has 0 saturated carbocycles. The van der Waals surface area contributed by atoms with Crippen molar-refractivity contribution in [3.63, 3.8) is 0 Å². The molecule has 0 bridgehead atoms. The van der Waals surface area contributed by atoms with Crippen LogP contribution in [0.5, 0.6) is 5.75 Å². The smallest absolute Gasteiger partial charge is 0.263 e. The zero-order chi connectivity index (χ0) is 21.1. The molecule has 1 N–H and O–H groups in total. The Labute approximate surface area is 173 Å². The van der Waals surface area contributed by atoms with Gasteiger partial charge in [0, 0.05) is 5.56 Å². The second-order valence-electron chi connectivity index (χ2n) is 6.60. The summed E-state index contributed by atoms with van der Waals surface area (Å²) in [6.07, 6.45) is -1.00. The van der Waals surface area contributed by atoms with Crippen LogP contribution >= 0.6 is 0 Å². The van der Waals surface area contributed by atoms with Crippen LogP contribution in [-0.4, -0.2) is 42.9 Å². The van der Waals surface area contributed by atoms with Gasteiger partial charge in [0.05, 0.1) is 24.5 Å². The van der Waals surface area contributed by atoms with Crippen molar-refractivity contribution in [3.05, 3.63) is 60.5 Å². The van der Waals surface area contributed by atoms with Crippen LogP contribution in [0.25, 0.3) is 11.4 Å². The number of fused-ring (bicyclic) bond motifs is 1. The van der Waals surface area contributed by atoms with E-state index in [1.165, 1.54) is 4.31 Å². The molecule has 0 spiro atoms. The van der Waals surface area contributed by atoms with E-state index in [9.17, 15) is 13.2 Å². The fraction of sp³-hybridized carbons (Fsp3) is 0.250. The fourth-order valence-electron chi connectivity index (χ4n) is 3.07. The molecule has 3 aromatic rings. The van der Waals surface area contributed by atoms with E-state index in [0.29, 0.717) is 17.3 Å². The summed E-state index contributed by atoms with van der Waals surface area (Å²) in [6, 6.07) is 16.0. The average molecular weight is 428 g/mol. The number of carbonyl (C=O) groups excluding carboxylic acids is 1. The summed E-state index contributed by atoms with van der Waals surface area (Å²) < 4.78 is 37.2. The number of amides is 1. The number of nitrogens with zero attached hydrogens (tertiary/aromatic N) is 3. The lowest BCUT2D eigenvalue weighted by Gasteiger charge is -2.34. The minimum absolute atomic E-state index is 0.000696. The van der Waals surface area contributed by atoms with Crippen LogP contribution in [0.4, 0.5) is 5.69 Å². The third-order valence-electron chi connectivity index (χ3n) is 4.64. The van der Waals surface area contributed by atoms with Gasteiger partial charge in [0.15, 0.2) is 6.10 Å². The lowest BCUT2D eigenvalue weighted by atomic mass is 10.2. The number of anilines is 1. The quantitative estimate of drug-likeness (QED) is 0.638. The number of para-hydroxylation sites is 2. The lowest BCUT2D eigenvalue weighted by Crippen LogP contribution is -2.50. The number of hydrogen-bond acceptors (Lipinski definition) is 7. The van der Waals surface area contributed by atoms with E-state index in [-0.39, 0.29) is 24.7 Å². The van der Waals surface area contributed by atoms with Crippen molar-refractivity contribution in [1.29, 1.82) is 0 Å². The van der Waals surface area contributed by atoms with Gasteiger partial charge in [-0.2, -0.15) is 4.98 Å². The monoisotopic (exact) mass is 428 g/mol.